The van der Waals surface area contributed by atoms with Gasteiger partial charge in [0, 0.05) is 28.5 Å². The standard InChI is InChI=1S/C23H20ClN3O2/c24-18-7-4-8-19(14-18)25-23(29)26-20-10-11-21-17(13-20)9-12-22(28)27(21)15-16-5-2-1-3-6-16/h1-8,10-11,13-14H,9,12,15H2,(H2,25,26,29). The van der Waals surface area contributed by atoms with Crippen LogP contribution in [-0.4, -0.2) is 11.9 Å². The highest BCUT2D eigenvalue weighted by Gasteiger charge is 2.24. The van der Waals surface area contributed by atoms with Crippen LogP contribution in [0, 0.1) is 0 Å². The van der Waals surface area contributed by atoms with Crippen LogP contribution in [0.1, 0.15) is 17.5 Å². The molecule has 0 spiro atoms. The fourth-order valence-corrected chi connectivity index (χ4v) is 3.63. The molecule has 0 fully saturated rings. The fraction of sp³-hybridized carbons (Fsp3) is 0.130. The Morgan fingerprint density at radius 2 is 1.66 bits per heavy atom. The number of hydrogen-bond acceptors (Lipinski definition) is 2. The zero-order valence-electron chi connectivity index (χ0n) is 15.7. The molecule has 1 heterocycles. The van der Waals surface area contributed by atoms with Crippen molar-refractivity contribution in [2.45, 2.75) is 19.4 Å². The van der Waals surface area contributed by atoms with Gasteiger partial charge in [-0.15, -0.1) is 0 Å². The third-order valence-corrected chi connectivity index (χ3v) is 5.04. The Labute approximate surface area is 174 Å². The molecule has 6 heteroatoms. The smallest absolute Gasteiger partial charge is 0.308 e. The third-order valence-electron chi connectivity index (χ3n) is 4.80. The van der Waals surface area contributed by atoms with E-state index in [9.17, 15) is 9.59 Å². The highest BCUT2D eigenvalue weighted by molar-refractivity contribution is 6.30. The largest absolute Gasteiger partial charge is 0.323 e. The van der Waals surface area contributed by atoms with E-state index in [0.717, 1.165) is 16.8 Å². The first kappa shape index (κ1) is 19.0. The molecule has 0 unspecified atom stereocenters. The molecule has 3 aromatic rings. The van der Waals surface area contributed by atoms with Gasteiger partial charge < -0.3 is 15.5 Å². The molecule has 0 atom stereocenters. The summed E-state index contributed by atoms with van der Waals surface area (Å²) in [7, 11) is 0. The Morgan fingerprint density at radius 1 is 0.897 bits per heavy atom. The number of halogens is 1. The molecule has 0 radical (unpaired) electrons. The van der Waals surface area contributed by atoms with E-state index in [0.29, 0.717) is 35.8 Å². The number of aryl methyl sites for hydroxylation is 1. The van der Waals surface area contributed by atoms with E-state index < -0.39 is 0 Å². The van der Waals surface area contributed by atoms with Crippen LogP contribution in [0.5, 0.6) is 0 Å². The first-order valence-electron chi connectivity index (χ1n) is 9.39. The van der Waals surface area contributed by atoms with Crippen molar-refractivity contribution in [1.82, 2.24) is 0 Å². The quantitative estimate of drug-likeness (QED) is 0.605. The predicted molar refractivity (Wildman–Crippen MR) is 116 cm³/mol. The molecule has 3 aromatic carbocycles. The van der Waals surface area contributed by atoms with Crippen LogP contribution in [0.2, 0.25) is 5.02 Å². The first-order valence-corrected chi connectivity index (χ1v) is 9.77. The van der Waals surface area contributed by atoms with Gasteiger partial charge in [-0.25, -0.2) is 4.79 Å². The van der Waals surface area contributed by atoms with Gasteiger partial charge in [0.25, 0.3) is 0 Å². The number of hydrogen-bond donors (Lipinski definition) is 2. The second kappa shape index (κ2) is 8.37. The molecule has 0 bridgehead atoms. The van der Waals surface area contributed by atoms with E-state index in [-0.39, 0.29) is 11.9 Å². The van der Waals surface area contributed by atoms with Crippen LogP contribution in [0.4, 0.5) is 21.9 Å². The van der Waals surface area contributed by atoms with E-state index in [2.05, 4.69) is 10.6 Å². The van der Waals surface area contributed by atoms with Crippen molar-refractivity contribution in [2.75, 3.05) is 15.5 Å². The van der Waals surface area contributed by atoms with Gasteiger partial charge in [-0.2, -0.15) is 0 Å². The monoisotopic (exact) mass is 405 g/mol. The lowest BCUT2D eigenvalue weighted by Crippen LogP contribution is -2.34. The SMILES string of the molecule is O=C(Nc1cccc(Cl)c1)Nc1ccc2c(c1)CCC(=O)N2Cc1ccccc1. The molecule has 2 N–H and O–H groups in total. The molecule has 0 saturated carbocycles. The van der Waals surface area contributed by atoms with Crippen LogP contribution in [0.25, 0.3) is 0 Å². The average molecular weight is 406 g/mol. The minimum atomic E-state index is -0.347. The van der Waals surface area contributed by atoms with Crippen molar-refractivity contribution in [3.63, 3.8) is 0 Å². The van der Waals surface area contributed by atoms with Gasteiger partial charge in [0.1, 0.15) is 0 Å². The van der Waals surface area contributed by atoms with Gasteiger partial charge >= 0.3 is 6.03 Å². The number of carbonyl (C=O) groups is 2. The topological polar surface area (TPSA) is 61.4 Å². The normalized spacial score (nSPS) is 13.0. The second-order valence-corrected chi connectivity index (χ2v) is 7.33. The van der Waals surface area contributed by atoms with Gasteiger partial charge in [-0.05, 0) is 53.9 Å². The summed E-state index contributed by atoms with van der Waals surface area (Å²) in [5, 5.41) is 6.16. The number of benzene rings is 3. The van der Waals surface area contributed by atoms with Crippen LogP contribution < -0.4 is 15.5 Å². The summed E-state index contributed by atoms with van der Waals surface area (Å²) in [5.41, 5.74) is 4.31. The van der Waals surface area contributed by atoms with Crippen molar-refractivity contribution >= 4 is 40.6 Å². The number of carbonyl (C=O) groups excluding carboxylic acids is 2. The summed E-state index contributed by atoms with van der Waals surface area (Å²) >= 11 is 5.95. The number of nitrogens with one attached hydrogen (secondary N) is 2. The van der Waals surface area contributed by atoms with Gasteiger partial charge in [-0.1, -0.05) is 48.0 Å². The summed E-state index contributed by atoms with van der Waals surface area (Å²) < 4.78 is 0. The molecular formula is C23H20ClN3O2. The Hall–Kier alpha value is -3.31. The van der Waals surface area contributed by atoms with Crippen molar-refractivity contribution in [3.05, 3.63) is 88.9 Å². The summed E-state index contributed by atoms with van der Waals surface area (Å²) in [6.07, 6.45) is 1.11. The summed E-state index contributed by atoms with van der Waals surface area (Å²) in [5.74, 6) is 0.112. The van der Waals surface area contributed by atoms with E-state index in [1.54, 1.807) is 24.3 Å². The minimum Gasteiger partial charge on any atom is -0.308 e. The number of rotatable bonds is 4. The van der Waals surface area contributed by atoms with E-state index in [1.165, 1.54) is 0 Å². The summed E-state index contributed by atoms with van der Waals surface area (Å²) in [6, 6.07) is 22.2. The maximum atomic E-state index is 12.5. The molecule has 0 saturated heterocycles. The van der Waals surface area contributed by atoms with Crippen molar-refractivity contribution in [2.24, 2.45) is 0 Å². The number of nitrogens with zero attached hydrogens (tertiary/aromatic N) is 1. The highest BCUT2D eigenvalue weighted by atomic mass is 35.5. The molecular weight excluding hydrogens is 386 g/mol. The van der Waals surface area contributed by atoms with E-state index in [1.807, 2.05) is 53.4 Å². The molecule has 1 aliphatic rings. The maximum absolute atomic E-state index is 12.5. The number of fused-ring (bicyclic) bond motifs is 1. The molecule has 3 amide bonds. The Bertz CT molecular complexity index is 1050. The van der Waals surface area contributed by atoms with E-state index in [4.69, 9.17) is 11.6 Å². The summed E-state index contributed by atoms with van der Waals surface area (Å²) in [6.45, 7) is 0.536. The molecule has 1 aliphatic heterocycles. The van der Waals surface area contributed by atoms with Gasteiger partial charge in [0.15, 0.2) is 0 Å². The van der Waals surface area contributed by atoms with Crippen LogP contribution in [0.15, 0.2) is 72.8 Å². The van der Waals surface area contributed by atoms with Gasteiger partial charge in [0.05, 0.1) is 6.54 Å². The fourth-order valence-electron chi connectivity index (χ4n) is 3.44. The molecule has 0 aromatic heterocycles. The zero-order chi connectivity index (χ0) is 20.2. The second-order valence-electron chi connectivity index (χ2n) is 6.90. The number of amides is 3. The molecule has 0 aliphatic carbocycles. The zero-order valence-corrected chi connectivity index (χ0v) is 16.4. The van der Waals surface area contributed by atoms with Crippen LogP contribution >= 0.6 is 11.6 Å². The lowest BCUT2D eigenvalue weighted by atomic mass is 9.99. The molecule has 146 valence electrons. The number of urea groups is 1. The lowest BCUT2D eigenvalue weighted by molar-refractivity contribution is -0.119. The Kier molecular flexibility index (Phi) is 5.49. The van der Waals surface area contributed by atoms with Crippen molar-refractivity contribution in [3.8, 4) is 0 Å². The molecule has 5 nitrogen and oxygen atoms in total. The van der Waals surface area contributed by atoms with E-state index >= 15 is 0 Å². The number of anilines is 3. The Morgan fingerprint density at radius 3 is 2.41 bits per heavy atom. The third kappa shape index (κ3) is 4.58. The minimum absolute atomic E-state index is 0.112. The average Bonchev–Trinajstić information content (AvgIpc) is 2.71. The summed E-state index contributed by atoms with van der Waals surface area (Å²) in [4.78, 5) is 26.6. The maximum Gasteiger partial charge on any atom is 0.323 e. The van der Waals surface area contributed by atoms with Gasteiger partial charge in [0.2, 0.25) is 5.91 Å². The lowest BCUT2D eigenvalue weighted by Gasteiger charge is -2.30. The molecule has 4 rings (SSSR count). The van der Waals surface area contributed by atoms with Crippen molar-refractivity contribution < 1.29 is 9.59 Å². The van der Waals surface area contributed by atoms with Crippen LogP contribution in [0.3, 0.4) is 0 Å². The first-order chi connectivity index (χ1) is 14.1. The highest BCUT2D eigenvalue weighted by Crippen LogP contribution is 2.31. The van der Waals surface area contributed by atoms with Crippen LogP contribution in [-0.2, 0) is 17.8 Å². The molecule has 29 heavy (non-hydrogen) atoms. The van der Waals surface area contributed by atoms with Gasteiger partial charge in [-0.3, -0.25) is 4.79 Å². The Balaban J connectivity index is 1.49. The van der Waals surface area contributed by atoms with Crippen molar-refractivity contribution in [1.29, 1.82) is 0 Å². The predicted octanol–water partition coefficient (Wildman–Crippen LogP) is 5.46.